The van der Waals surface area contributed by atoms with Crippen LogP contribution in [0.4, 0.5) is 0 Å². The molecule has 3 heteroatoms. The van der Waals surface area contributed by atoms with E-state index in [9.17, 15) is 4.79 Å². The second-order valence-corrected chi connectivity index (χ2v) is 4.82. The molecule has 3 nitrogen and oxygen atoms in total. The van der Waals surface area contributed by atoms with E-state index in [4.69, 9.17) is 10.5 Å². The maximum atomic E-state index is 11.7. The predicted molar refractivity (Wildman–Crippen MR) is 51.2 cm³/mol. The molecule has 0 radical (unpaired) electrons. The number of nitrogens with two attached hydrogens (primary N) is 1. The van der Waals surface area contributed by atoms with Crippen LogP contribution in [0.15, 0.2) is 0 Å². The number of carbonyl (C=O) groups excluding carboxylic acids is 1. The van der Waals surface area contributed by atoms with Gasteiger partial charge in [0.05, 0.1) is 5.41 Å². The molecular weight excluding hydrogens is 166 g/mol. The van der Waals surface area contributed by atoms with Gasteiger partial charge in [-0.15, -0.1) is 0 Å². The van der Waals surface area contributed by atoms with Gasteiger partial charge < -0.3 is 10.5 Å². The minimum atomic E-state index is -0.374. The summed E-state index contributed by atoms with van der Waals surface area (Å²) in [6.07, 6.45) is 2.65. The minimum absolute atomic E-state index is 0.0644. The average molecular weight is 185 g/mol. The number of esters is 1. The fraction of sp³-hybridized carbons (Fsp3) is 0.900. The molecule has 0 atom stereocenters. The summed E-state index contributed by atoms with van der Waals surface area (Å²) < 4.78 is 5.32. The molecule has 1 aliphatic rings. The van der Waals surface area contributed by atoms with Gasteiger partial charge in [0.15, 0.2) is 0 Å². The Kier molecular flexibility index (Phi) is 2.66. The van der Waals surface area contributed by atoms with Gasteiger partial charge in [-0.05, 0) is 46.6 Å². The van der Waals surface area contributed by atoms with Crippen LogP contribution in [0.2, 0.25) is 0 Å². The van der Waals surface area contributed by atoms with Crippen LogP contribution in [0.5, 0.6) is 0 Å². The third kappa shape index (κ3) is 2.69. The Labute approximate surface area is 79.6 Å². The number of hydrogen-bond acceptors (Lipinski definition) is 3. The van der Waals surface area contributed by atoms with Crippen LogP contribution in [0.25, 0.3) is 0 Å². The van der Waals surface area contributed by atoms with E-state index >= 15 is 0 Å². The summed E-state index contributed by atoms with van der Waals surface area (Å²) in [5.41, 5.74) is 4.85. The Bertz CT molecular complexity index is 201. The molecule has 0 saturated heterocycles. The number of ether oxygens (including phenoxy) is 1. The van der Waals surface area contributed by atoms with E-state index in [0.29, 0.717) is 6.54 Å². The summed E-state index contributed by atoms with van der Waals surface area (Å²) >= 11 is 0. The number of carbonyl (C=O) groups is 1. The van der Waals surface area contributed by atoms with Crippen molar-refractivity contribution in [1.82, 2.24) is 0 Å². The predicted octanol–water partition coefficient (Wildman–Crippen LogP) is 1.46. The molecule has 0 aromatic heterocycles. The maximum absolute atomic E-state index is 11.7. The highest BCUT2D eigenvalue weighted by atomic mass is 16.6. The highest BCUT2D eigenvalue weighted by Crippen LogP contribution is 2.50. The van der Waals surface area contributed by atoms with E-state index in [-0.39, 0.29) is 17.0 Å². The van der Waals surface area contributed by atoms with E-state index < -0.39 is 0 Å². The monoisotopic (exact) mass is 185 g/mol. The first-order valence-electron chi connectivity index (χ1n) is 4.83. The Morgan fingerprint density at radius 2 is 2.00 bits per heavy atom. The van der Waals surface area contributed by atoms with E-state index in [1.165, 1.54) is 0 Å². The summed E-state index contributed by atoms with van der Waals surface area (Å²) in [5.74, 6) is -0.0644. The van der Waals surface area contributed by atoms with E-state index in [1.807, 2.05) is 20.8 Å². The molecule has 1 aliphatic carbocycles. The Morgan fingerprint density at radius 1 is 1.46 bits per heavy atom. The fourth-order valence-electron chi connectivity index (χ4n) is 1.37. The minimum Gasteiger partial charge on any atom is -0.460 e. The van der Waals surface area contributed by atoms with Gasteiger partial charge >= 0.3 is 5.97 Å². The van der Waals surface area contributed by atoms with Gasteiger partial charge in [0.25, 0.3) is 0 Å². The van der Waals surface area contributed by atoms with Gasteiger partial charge in [-0.1, -0.05) is 0 Å². The van der Waals surface area contributed by atoms with Crippen molar-refractivity contribution in [2.24, 2.45) is 11.1 Å². The van der Waals surface area contributed by atoms with Gasteiger partial charge in [0, 0.05) is 0 Å². The van der Waals surface area contributed by atoms with Crippen molar-refractivity contribution in [1.29, 1.82) is 0 Å². The summed E-state index contributed by atoms with van der Waals surface area (Å²) in [4.78, 5) is 11.7. The third-order valence-corrected chi connectivity index (χ3v) is 2.31. The Balaban J connectivity index is 2.48. The fourth-order valence-corrected chi connectivity index (χ4v) is 1.37. The molecule has 0 unspecified atom stereocenters. The lowest BCUT2D eigenvalue weighted by Gasteiger charge is -2.23. The molecule has 1 rings (SSSR count). The van der Waals surface area contributed by atoms with Crippen molar-refractivity contribution in [3.63, 3.8) is 0 Å². The molecule has 1 saturated carbocycles. The topological polar surface area (TPSA) is 52.3 Å². The van der Waals surface area contributed by atoms with Crippen molar-refractivity contribution in [2.75, 3.05) is 6.54 Å². The quantitative estimate of drug-likeness (QED) is 0.677. The second-order valence-electron chi connectivity index (χ2n) is 4.82. The molecule has 0 aromatic rings. The molecule has 13 heavy (non-hydrogen) atoms. The van der Waals surface area contributed by atoms with Crippen LogP contribution < -0.4 is 5.73 Å². The first kappa shape index (κ1) is 10.5. The zero-order valence-corrected chi connectivity index (χ0v) is 8.72. The Morgan fingerprint density at radius 3 is 2.31 bits per heavy atom. The van der Waals surface area contributed by atoms with Gasteiger partial charge in [-0.3, -0.25) is 4.79 Å². The third-order valence-electron chi connectivity index (χ3n) is 2.31. The van der Waals surface area contributed by atoms with Gasteiger partial charge in [-0.25, -0.2) is 0 Å². The van der Waals surface area contributed by atoms with E-state index in [0.717, 1.165) is 19.3 Å². The van der Waals surface area contributed by atoms with Crippen LogP contribution in [0, 0.1) is 5.41 Å². The molecule has 0 aromatic carbocycles. The van der Waals surface area contributed by atoms with Crippen molar-refractivity contribution >= 4 is 5.97 Å². The van der Waals surface area contributed by atoms with E-state index in [1.54, 1.807) is 0 Å². The van der Waals surface area contributed by atoms with Crippen molar-refractivity contribution < 1.29 is 9.53 Å². The van der Waals surface area contributed by atoms with Crippen LogP contribution in [0.1, 0.15) is 40.0 Å². The largest absolute Gasteiger partial charge is 0.460 e. The molecule has 0 spiro atoms. The smallest absolute Gasteiger partial charge is 0.312 e. The lowest BCUT2D eigenvalue weighted by molar-refractivity contribution is -0.162. The zero-order chi connectivity index (χ0) is 10.1. The first-order chi connectivity index (χ1) is 5.90. The average Bonchev–Trinajstić information content (AvgIpc) is 2.66. The lowest BCUT2D eigenvalue weighted by atomic mass is 10.0. The summed E-state index contributed by atoms with van der Waals surface area (Å²) in [6, 6.07) is 0. The summed E-state index contributed by atoms with van der Waals surface area (Å²) in [5, 5.41) is 0. The molecule has 0 amide bonds. The molecule has 76 valence electrons. The normalized spacial score (nSPS) is 19.7. The summed E-state index contributed by atoms with van der Waals surface area (Å²) in [6.45, 7) is 6.25. The number of rotatable bonds is 3. The van der Waals surface area contributed by atoms with Crippen LogP contribution in [-0.2, 0) is 9.53 Å². The van der Waals surface area contributed by atoms with Gasteiger partial charge in [0.1, 0.15) is 5.60 Å². The lowest BCUT2D eigenvalue weighted by Crippen LogP contribution is -2.30. The van der Waals surface area contributed by atoms with Crippen LogP contribution in [-0.4, -0.2) is 18.1 Å². The molecular formula is C10H19NO2. The molecule has 2 N–H and O–H groups in total. The SMILES string of the molecule is CC(C)(C)OC(=O)C1(CCN)CC1. The maximum Gasteiger partial charge on any atom is 0.312 e. The molecule has 0 aliphatic heterocycles. The summed E-state index contributed by atoms with van der Waals surface area (Å²) in [7, 11) is 0. The molecule has 0 heterocycles. The second kappa shape index (κ2) is 3.29. The standard InChI is InChI=1S/C10H19NO2/c1-9(2,3)13-8(12)10(4-5-10)6-7-11/h4-7,11H2,1-3H3. The highest BCUT2D eigenvalue weighted by Gasteiger charge is 2.51. The van der Waals surface area contributed by atoms with Gasteiger partial charge in [-0.2, -0.15) is 0 Å². The van der Waals surface area contributed by atoms with Crippen molar-refractivity contribution in [3.05, 3.63) is 0 Å². The zero-order valence-electron chi connectivity index (χ0n) is 8.72. The van der Waals surface area contributed by atoms with Crippen LogP contribution in [0.3, 0.4) is 0 Å². The molecule has 1 fully saturated rings. The van der Waals surface area contributed by atoms with E-state index in [2.05, 4.69) is 0 Å². The Hall–Kier alpha value is -0.570. The highest BCUT2D eigenvalue weighted by molar-refractivity contribution is 5.80. The van der Waals surface area contributed by atoms with Gasteiger partial charge in [0.2, 0.25) is 0 Å². The van der Waals surface area contributed by atoms with Crippen molar-refractivity contribution in [3.8, 4) is 0 Å². The number of hydrogen-bond donors (Lipinski definition) is 1. The van der Waals surface area contributed by atoms with Crippen molar-refractivity contribution in [2.45, 2.75) is 45.6 Å². The van der Waals surface area contributed by atoms with Crippen LogP contribution >= 0.6 is 0 Å². The first-order valence-corrected chi connectivity index (χ1v) is 4.83. The molecule has 0 bridgehead atoms.